The van der Waals surface area contributed by atoms with Gasteiger partial charge in [0.25, 0.3) is 0 Å². The summed E-state index contributed by atoms with van der Waals surface area (Å²) in [5, 5.41) is 10.8. The normalized spacial score (nSPS) is 38.7. The highest BCUT2D eigenvalue weighted by Crippen LogP contribution is 2.66. The monoisotopic (exact) mass is 346 g/mol. The maximum absolute atomic E-state index is 10.8. The van der Waals surface area contributed by atoms with Gasteiger partial charge in [0.15, 0.2) is 5.79 Å². The molecule has 4 nitrogen and oxygen atoms in total. The summed E-state index contributed by atoms with van der Waals surface area (Å²) in [6.45, 7) is 10.4. The number of rotatable bonds is 3. The van der Waals surface area contributed by atoms with Gasteiger partial charge in [-0.2, -0.15) is 0 Å². The largest absolute Gasteiger partial charge is 0.472 e. The predicted octanol–water partition coefficient (Wildman–Crippen LogP) is 4.61. The summed E-state index contributed by atoms with van der Waals surface area (Å²) in [6.07, 6.45) is 8.63. The molecule has 4 rings (SSSR count). The van der Waals surface area contributed by atoms with E-state index in [0.717, 1.165) is 37.7 Å². The van der Waals surface area contributed by atoms with Crippen molar-refractivity contribution in [2.24, 2.45) is 16.7 Å². The molecule has 25 heavy (non-hydrogen) atoms. The van der Waals surface area contributed by atoms with E-state index in [1.807, 2.05) is 6.07 Å². The second-order valence-electron chi connectivity index (χ2n) is 8.61. The summed E-state index contributed by atoms with van der Waals surface area (Å²) < 4.78 is 17.6. The molecule has 0 unspecified atom stereocenters. The number of allylic oxidation sites excluding steroid dienone is 1. The van der Waals surface area contributed by atoms with Crippen LogP contribution in [0.1, 0.15) is 64.0 Å². The number of ether oxygens (including phenoxy) is 2. The molecule has 3 fully saturated rings. The number of hydrogen-bond donors (Lipinski definition) is 1. The summed E-state index contributed by atoms with van der Waals surface area (Å²) in [7, 11) is 0. The van der Waals surface area contributed by atoms with Crippen molar-refractivity contribution in [1.82, 2.24) is 0 Å². The molecule has 1 aliphatic heterocycles. The summed E-state index contributed by atoms with van der Waals surface area (Å²) >= 11 is 0. The maximum atomic E-state index is 10.8. The van der Waals surface area contributed by atoms with Crippen molar-refractivity contribution in [2.75, 3.05) is 13.2 Å². The van der Waals surface area contributed by atoms with E-state index in [0.29, 0.717) is 25.6 Å². The van der Waals surface area contributed by atoms with E-state index >= 15 is 0 Å². The molecule has 4 atom stereocenters. The van der Waals surface area contributed by atoms with E-state index in [9.17, 15) is 5.11 Å². The van der Waals surface area contributed by atoms with E-state index in [-0.39, 0.29) is 10.8 Å². The lowest BCUT2D eigenvalue weighted by Gasteiger charge is -2.61. The van der Waals surface area contributed by atoms with Crippen LogP contribution in [0.2, 0.25) is 0 Å². The Hall–Kier alpha value is -1.10. The first-order valence-corrected chi connectivity index (χ1v) is 9.58. The Labute approximate surface area is 150 Å². The van der Waals surface area contributed by atoms with Gasteiger partial charge in [0.05, 0.1) is 31.8 Å². The van der Waals surface area contributed by atoms with Gasteiger partial charge in [-0.05, 0) is 49.5 Å². The lowest BCUT2D eigenvalue weighted by Crippen LogP contribution is -2.60. The van der Waals surface area contributed by atoms with Crippen LogP contribution in [-0.2, 0) is 9.47 Å². The zero-order valence-electron chi connectivity index (χ0n) is 15.4. The van der Waals surface area contributed by atoms with E-state index in [4.69, 9.17) is 13.9 Å². The summed E-state index contributed by atoms with van der Waals surface area (Å²) in [4.78, 5) is 0. The molecule has 4 heteroatoms. The second-order valence-corrected chi connectivity index (χ2v) is 8.61. The molecule has 3 aliphatic rings. The number of aliphatic hydroxyl groups is 1. The van der Waals surface area contributed by atoms with E-state index in [1.165, 1.54) is 5.57 Å². The summed E-state index contributed by atoms with van der Waals surface area (Å²) in [5.74, 6) is -0.0481. The quantitative estimate of drug-likeness (QED) is 0.812. The average Bonchev–Trinajstić information content (AvgIpc) is 3.26. The smallest absolute Gasteiger partial charge is 0.174 e. The molecule has 1 aromatic rings. The molecule has 0 amide bonds. The SMILES string of the molecule is C=C1CC[C@]2(C)[C@H](CCCC23OCCO3)[C@@]1(C)C[C@H](O)c1ccoc1. The third-order valence-electron chi connectivity index (χ3n) is 7.46. The Morgan fingerprint density at radius 1 is 1.28 bits per heavy atom. The van der Waals surface area contributed by atoms with Crippen LogP contribution in [0, 0.1) is 16.7 Å². The fourth-order valence-electron chi connectivity index (χ4n) is 5.94. The van der Waals surface area contributed by atoms with Crippen molar-refractivity contribution >= 4 is 0 Å². The molecule has 0 aromatic carbocycles. The van der Waals surface area contributed by atoms with Crippen LogP contribution in [0.5, 0.6) is 0 Å². The van der Waals surface area contributed by atoms with Gasteiger partial charge in [0, 0.05) is 17.4 Å². The Morgan fingerprint density at radius 2 is 2.04 bits per heavy atom. The van der Waals surface area contributed by atoms with Crippen molar-refractivity contribution in [3.63, 3.8) is 0 Å². The van der Waals surface area contributed by atoms with Crippen LogP contribution in [-0.4, -0.2) is 24.1 Å². The number of furan rings is 1. The van der Waals surface area contributed by atoms with Gasteiger partial charge in [-0.15, -0.1) is 0 Å². The topological polar surface area (TPSA) is 51.8 Å². The first kappa shape index (κ1) is 17.3. The van der Waals surface area contributed by atoms with Gasteiger partial charge in [-0.25, -0.2) is 0 Å². The highest BCUT2D eigenvalue weighted by molar-refractivity contribution is 5.23. The lowest BCUT2D eigenvalue weighted by molar-refractivity contribution is -0.287. The van der Waals surface area contributed by atoms with E-state index in [2.05, 4.69) is 20.4 Å². The van der Waals surface area contributed by atoms with E-state index in [1.54, 1.807) is 12.5 Å². The first-order valence-electron chi connectivity index (χ1n) is 9.58. The van der Waals surface area contributed by atoms with Crippen LogP contribution in [0.4, 0.5) is 0 Å². The Morgan fingerprint density at radius 3 is 2.72 bits per heavy atom. The molecule has 1 spiro atoms. The van der Waals surface area contributed by atoms with Gasteiger partial charge in [-0.3, -0.25) is 0 Å². The fourth-order valence-corrected chi connectivity index (χ4v) is 5.94. The van der Waals surface area contributed by atoms with E-state index < -0.39 is 11.9 Å². The van der Waals surface area contributed by atoms with Crippen LogP contribution in [0.15, 0.2) is 35.2 Å². The van der Waals surface area contributed by atoms with Crippen molar-refractivity contribution in [1.29, 1.82) is 0 Å². The van der Waals surface area contributed by atoms with Crippen LogP contribution in [0.3, 0.4) is 0 Å². The number of aliphatic hydroxyl groups excluding tert-OH is 1. The van der Waals surface area contributed by atoms with Crippen molar-refractivity contribution in [3.05, 3.63) is 36.3 Å². The zero-order valence-corrected chi connectivity index (χ0v) is 15.4. The molecule has 2 heterocycles. The fraction of sp³-hybridized carbons (Fsp3) is 0.714. The maximum Gasteiger partial charge on any atom is 0.174 e. The van der Waals surface area contributed by atoms with Crippen LogP contribution < -0.4 is 0 Å². The van der Waals surface area contributed by atoms with Gasteiger partial charge >= 0.3 is 0 Å². The molecule has 2 saturated carbocycles. The highest BCUT2D eigenvalue weighted by Gasteiger charge is 2.64. The third-order valence-corrected chi connectivity index (χ3v) is 7.46. The molecule has 0 bridgehead atoms. The molecule has 1 aromatic heterocycles. The number of fused-ring (bicyclic) bond motifs is 2. The van der Waals surface area contributed by atoms with Gasteiger partial charge < -0.3 is 19.0 Å². The highest BCUT2D eigenvalue weighted by atomic mass is 16.7. The minimum Gasteiger partial charge on any atom is -0.472 e. The van der Waals surface area contributed by atoms with Gasteiger partial charge in [-0.1, -0.05) is 26.0 Å². The third kappa shape index (κ3) is 2.45. The van der Waals surface area contributed by atoms with Gasteiger partial charge in [0.1, 0.15) is 0 Å². The first-order chi connectivity index (χ1) is 11.9. The molecular weight excluding hydrogens is 316 g/mol. The Kier molecular flexibility index (Phi) is 4.13. The van der Waals surface area contributed by atoms with Crippen molar-refractivity contribution in [2.45, 2.75) is 64.3 Å². The molecular formula is C21H30O4. The minimum atomic E-state index is -0.536. The van der Waals surface area contributed by atoms with Crippen molar-refractivity contribution in [3.8, 4) is 0 Å². The molecule has 0 radical (unpaired) electrons. The molecule has 2 aliphatic carbocycles. The zero-order chi connectivity index (χ0) is 17.7. The summed E-state index contributed by atoms with van der Waals surface area (Å²) in [6, 6.07) is 1.85. The predicted molar refractivity (Wildman–Crippen MR) is 94.8 cm³/mol. The Balaban J connectivity index is 1.67. The number of hydrogen-bond acceptors (Lipinski definition) is 4. The van der Waals surface area contributed by atoms with Crippen LogP contribution >= 0.6 is 0 Å². The molecule has 1 saturated heterocycles. The lowest BCUT2D eigenvalue weighted by atomic mass is 9.46. The average molecular weight is 346 g/mol. The van der Waals surface area contributed by atoms with Crippen LogP contribution in [0.25, 0.3) is 0 Å². The molecule has 1 N–H and O–H groups in total. The second kappa shape index (κ2) is 5.97. The van der Waals surface area contributed by atoms with Gasteiger partial charge in [0.2, 0.25) is 0 Å². The standard InChI is InChI=1S/C21H30O4/c1-15-6-9-20(3)18(5-4-8-21(20)24-11-12-25-21)19(15,2)13-17(22)16-7-10-23-14-16/h7,10,14,17-18,22H,1,4-6,8-9,11-13H2,2-3H3/t17-,18+,19-,20+/m0/s1. The Bertz CT molecular complexity index is 630. The molecule has 138 valence electrons. The summed E-state index contributed by atoms with van der Waals surface area (Å²) in [5.41, 5.74) is 1.94. The van der Waals surface area contributed by atoms with Crippen molar-refractivity contribution < 1.29 is 19.0 Å². The minimum absolute atomic E-state index is 0.0339.